The summed E-state index contributed by atoms with van der Waals surface area (Å²) in [5.74, 6) is -1.40. The molecule has 0 aliphatic heterocycles. The summed E-state index contributed by atoms with van der Waals surface area (Å²) in [7, 11) is 0. The highest BCUT2D eigenvalue weighted by atomic mass is 16.6. The molecule has 0 N–H and O–H groups in total. The molecular formula is C19H22O6. The van der Waals surface area contributed by atoms with Crippen LogP contribution >= 0.6 is 0 Å². The van der Waals surface area contributed by atoms with Gasteiger partial charge in [0.25, 0.3) is 5.78 Å². The van der Waals surface area contributed by atoms with Gasteiger partial charge >= 0.3 is 11.9 Å². The average molecular weight is 346 g/mol. The van der Waals surface area contributed by atoms with Crippen molar-refractivity contribution >= 4 is 17.7 Å². The molecule has 134 valence electrons. The van der Waals surface area contributed by atoms with Crippen molar-refractivity contribution in [3.05, 3.63) is 36.4 Å². The summed E-state index contributed by atoms with van der Waals surface area (Å²) in [6, 6.07) is 6.13. The molecule has 0 saturated heterocycles. The fourth-order valence-electron chi connectivity index (χ4n) is 2.51. The maximum absolute atomic E-state index is 11.9. The summed E-state index contributed by atoms with van der Waals surface area (Å²) >= 11 is 0. The minimum atomic E-state index is -0.864. The molecule has 0 aromatic heterocycles. The number of carbonyl (C=O) groups excluding carboxylic acids is 3. The highest BCUT2D eigenvalue weighted by Crippen LogP contribution is 2.32. The van der Waals surface area contributed by atoms with Gasteiger partial charge in [-0.05, 0) is 63.8 Å². The third kappa shape index (κ3) is 5.45. The Morgan fingerprint density at radius 1 is 1.04 bits per heavy atom. The lowest BCUT2D eigenvalue weighted by Crippen LogP contribution is -2.34. The second-order valence-corrected chi connectivity index (χ2v) is 6.40. The predicted octanol–water partition coefficient (Wildman–Crippen LogP) is 2.99. The second kappa shape index (κ2) is 7.96. The fraction of sp³-hybridized carbons (Fsp3) is 0.421. The Bertz CT molecular complexity index is 668. The summed E-state index contributed by atoms with van der Waals surface area (Å²) in [4.78, 5) is 35.1. The van der Waals surface area contributed by atoms with E-state index in [-0.39, 0.29) is 0 Å². The van der Waals surface area contributed by atoms with E-state index in [9.17, 15) is 14.4 Å². The van der Waals surface area contributed by atoms with Crippen molar-refractivity contribution in [2.24, 2.45) is 0 Å². The Morgan fingerprint density at radius 2 is 1.60 bits per heavy atom. The molecule has 2 rings (SSSR count). The smallest absolute Gasteiger partial charge is 0.378 e. The molecule has 0 amide bonds. The Labute approximate surface area is 146 Å². The number of Topliss-reactive ketones (excluding diaryl/α,β-unsaturated/α-hetero) is 1. The van der Waals surface area contributed by atoms with Crippen LogP contribution in [0.2, 0.25) is 0 Å². The van der Waals surface area contributed by atoms with Gasteiger partial charge in [0.05, 0.1) is 0 Å². The molecule has 1 aliphatic carbocycles. The van der Waals surface area contributed by atoms with E-state index in [4.69, 9.17) is 14.2 Å². The van der Waals surface area contributed by atoms with Crippen molar-refractivity contribution in [3.63, 3.8) is 0 Å². The first-order chi connectivity index (χ1) is 11.8. The van der Waals surface area contributed by atoms with Crippen molar-refractivity contribution in [2.45, 2.75) is 45.1 Å². The lowest BCUT2D eigenvalue weighted by Gasteiger charge is -2.23. The first-order valence-electron chi connectivity index (χ1n) is 8.16. The van der Waals surface area contributed by atoms with Gasteiger partial charge in [-0.2, -0.15) is 0 Å². The zero-order chi connectivity index (χ0) is 18.4. The maximum Gasteiger partial charge on any atom is 0.378 e. The van der Waals surface area contributed by atoms with E-state index < -0.39 is 29.9 Å². The summed E-state index contributed by atoms with van der Waals surface area (Å²) < 4.78 is 15.6. The molecule has 0 spiro atoms. The number of esters is 2. The maximum atomic E-state index is 11.9. The van der Waals surface area contributed by atoms with Crippen LogP contribution in [-0.4, -0.2) is 29.9 Å². The average Bonchev–Trinajstić information content (AvgIpc) is 2.99. The van der Waals surface area contributed by atoms with Gasteiger partial charge in [-0.15, -0.1) is 0 Å². The molecular weight excluding hydrogens is 324 g/mol. The second-order valence-electron chi connectivity index (χ2n) is 6.40. The molecule has 1 aliphatic rings. The lowest BCUT2D eigenvalue weighted by molar-refractivity contribution is -0.165. The monoisotopic (exact) mass is 346 g/mol. The van der Waals surface area contributed by atoms with E-state index in [1.54, 1.807) is 6.92 Å². The van der Waals surface area contributed by atoms with Crippen LogP contribution in [0.1, 0.15) is 39.5 Å². The highest BCUT2D eigenvalue weighted by Gasteiger charge is 2.34. The fourth-order valence-corrected chi connectivity index (χ4v) is 2.51. The highest BCUT2D eigenvalue weighted by molar-refractivity contribution is 6.34. The van der Waals surface area contributed by atoms with Gasteiger partial charge in [-0.1, -0.05) is 6.58 Å². The van der Waals surface area contributed by atoms with Crippen LogP contribution < -0.4 is 9.47 Å². The SMILES string of the molecule is C=C(C)C(=O)Oc1ccc(OCC(=O)C(=O)OC2(C)CCCC2)cc1. The molecule has 6 nitrogen and oxygen atoms in total. The van der Waals surface area contributed by atoms with Crippen LogP contribution in [0.5, 0.6) is 11.5 Å². The van der Waals surface area contributed by atoms with Crippen LogP contribution in [0.4, 0.5) is 0 Å². The summed E-state index contributed by atoms with van der Waals surface area (Å²) in [6.45, 7) is 6.49. The Kier molecular flexibility index (Phi) is 5.96. The molecule has 0 atom stereocenters. The zero-order valence-corrected chi connectivity index (χ0v) is 14.5. The zero-order valence-electron chi connectivity index (χ0n) is 14.5. The Hall–Kier alpha value is -2.63. The van der Waals surface area contributed by atoms with E-state index >= 15 is 0 Å². The molecule has 0 heterocycles. The van der Waals surface area contributed by atoms with Gasteiger partial charge in [0, 0.05) is 5.57 Å². The van der Waals surface area contributed by atoms with Crippen molar-refractivity contribution in [2.75, 3.05) is 6.61 Å². The van der Waals surface area contributed by atoms with Crippen molar-refractivity contribution in [3.8, 4) is 11.5 Å². The van der Waals surface area contributed by atoms with Crippen LogP contribution in [0.3, 0.4) is 0 Å². The van der Waals surface area contributed by atoms with Crippen LogP contribution in [-0.2, 0) is 19.1 Å². The molecule has 0 bridgehead atoms. The molecule has 1 fully saturated rings. The summed E-state index contributed by atoms with van der Waals surface area (Å²) in [5.41, 5.74) is -0.248. The number of ether oxygens (including phenoxy) is 3. The van der Waals surface area contributed by atoms with Crippen molar-refractivity contribution < 1.29 is 28.6 Å². The number of hydrogen-bond donors (Lipinski definition) is 0. The lowest BCUT2D eigenvalue weighted by atomic mass is 10.1. The largest absolute Gasteiger partial charge is 0.485 e. The number of ketones is 1. The third-order valence-corrected chi connectivity index (χ3v) is 3.98. The van der Waals surface area contributed by atoms with Gasteiger partial charge in [-0.3, -0.25) is 4.79 Å². The van der Waals surface area contributed by atoms with Crippen molar-refractivity contribution in [1.29, 1.82) is 0 Å². The summed E-state index contributed by atoms with van der Waals surface area (Å²) in [6.07, 6.45) is 3.54. The molecule has 0 radical (unpaired) electrons. The molecule has 0 unspecified atom stereocenters. The van der Waals surface area contributed by atoms with E-state index in [2.05, 4.69) is 6.58 Å². The summed E-state index contributed by atoms with van der Waals surface area (Å²) in [5, 5.41) is 0. The van der Waals surface area contributed by atoms with Gasteiger partial charge in [0.2, 0.25) is 0 Å². The number of carbonyl (C=O) groups is 3. The topological polar surface area (TPSA) is 78.9 Å². The Balaban J connectivity index is 1.82. The van der Waals surface area contributed by atoms with E-state index in [0.29, 0.717) is 17.1 Å². The first kappa shape index (κ1) is 18.7. The van der Waals surface area contributed by atoms with Gasteiger partial charge in [-0.25, -0.2) is 9.59 Å². The number of hydrogen-bond acceptors (Lipinski definition) is 6. The minimum absolute atomic E-state index is 0.292. The molecule has 1 aromatic rings. The van der Waals surface area contributed by atoms with Gasteiger partial charge in [0.15, 0.2) is 6.61 Å². The Morgan fingerprint density at radius 3 is 2.16 bits per heavy atom. The van der Waals surface area contributed by atoms with Crippen LogP contribution in [0.15, 0.2) is 36.4 Å². The number of rotatable bonds is 7. The molecule has 25 heavy (non-hydrogen) atoms. The van der Waals surface area contributed by atoms with Gasteiger partial charge < -0.3 is 14.2 Å². The standard InChI is InChI=1S/C19H22O6/c1-13(2)17(21)24-15-8-6-14(7-9-15)23-12-16(20)18(22)25-19(3)10-4-5-11-19/h6-9H,1,4-5,10-12H2,2-3H3. The predicted molar refractivity (Wildman–Crippen MR) is 90.4 cm³/mol. The van der Waals surface area contributed by atoms with Crippen LogP contribution in [0, 0.1) is 0 Å². The van der Waals surface area contributed by atoms with E-state index in [0.717, 1.165) is 25.7 Å². The first-order valence-corrected chi connectivity index (χ1v) is 8.16. The minimum Gasteiger partial charge on any atom is -0.485 e. The van der Waals surface area contributed by atoms with Crippen molar-refractivity contribution in [1.82, 2.24) is 0 Å². The van der Waals surface area contributed by atoms with E-state index in [1.807, 2.05) is 6.92 Å². The quantitative estimate of drug-likeness (QED) is 0.327. The number of benzene rings is 1. The molecule has 6 heteroatoms. The van der Waals surface area contributed by atoms with Crippen LogP contribution in [0.25, 0.3) is 0 Å². The normalized spacial score (nSPS) is 15.3. The van der Waals surface area contributed by atoms with Gasteiger partial charge in [0.1, 0.15) is 17.1 Å². The van der Waals surface area contributed by atoms with E-state index in [1.165, 1.54) is 24.3 Å². The third-order valence-electron chi connectivity index (χ3n) is 3.98. The molecule has 1 aromatic carbocycles. The molecule has 1 saturated carbocycles.